The number of ether oxygens (including phenoxy) is 1. The van der Waals surface area contributed by atoms with E-state index < -0.39 is 0 Å². The molecule has 0 fully saturated rings. The summed E-state index contributed by atoms with van der Waals surface area (Å²) in [6, 6.07) is 10.6. The monoisotopic (exact) mass is 331 g/mol. The summed E-state index contributed by atoms with van der Waals surface area (Å²) in [6.07, 6.45) is 1.09. The lowest BCUT2D eigenvalue weighted by molar-refractivity contribution is 0.408. The highest BCUT2D eigenvalue weighted by Gasteiger charge is 2.05. The molecule has 0 unspecified atom stereocenters. The van der Waals surface area contributed by atoms with Gasteiger partial charge in [0.15, 0.2) is 5.96 Å². The van der Waals surface area contributed by atoms with Gasteiger partial charge in [-0.15, -0.1) is 11.3 Å². The van der Waals surface area contributed by atoms with Crippen LogP contribution in [0.25, 0.3) is 0 Å². The highest BCUT2D eigenvalue weighted by atomic mass is 32.1. The van der Waals surface area contributed by atoms with Crippen molar-refractivity contribution < 1.29 is 4.74 Å². The zero-order valence-electron chi connectivity index (χ0n) is 14.3. The molecule has 0 spiro atoms. The summed E-state index contributed by atoms with van der Waals surface area (Å²) < 4.78 is 5.44. The van der Waals surface area contributed by atoms with E-state index in [0.29, 0.717) is 6.54 Å². The molecule has 0 bridgehead atoms. The molecule has 0 amide bonds. The average molecular weight is 331 g/mol. The second-order valence-electron chi connectivity index (χ2n) is 5.32. The van der Waals surface area contributed by atoms with Gasteiger partial charge in [0.05, 0.1) is 13.7 Å². The number of thiophene rings is 1. The number of hydrogen-bond donors (Lipinski definition) is 2. The van der Waals surface area contributed by atoms with Crippen LogP contribution < -0.4 is 15.4 Å². The van der Waals surface area contributed by atoms with Crippen molar-refractivity contribution >= 4 is 17.3 Å². The number of aliphatic imine (C=N–C) groups is 1. The lowest BCUT2D eigenvalue weighted by Gasteiger charge is -2.14. The molecule has 4 nitrogen and oxygen atoms in total. The van der Waals surface area contributed by atoms with Crippen LogP contribution in [0, 0.1) is 6.92 Å². The van der Waals surface area contributed by atoms with E-state index in [9.17, 15) is 0 Å². The predicted octanol–water partition coefficient (Wildman–Crippen LogP) is 3.49. The second-order valence-corrected chi connectivity index (χ2v) is 6.57. The van der Waals surface area contributed by atoms with Gasteiger partial charge in [-0.05, 0) is 37.1 Å². The number of benzene rings is 1. The van der Waals surface area contributed by atoms with Gasteiger partial charge in [-0.1, -0.05) is 19.1 Å². The molecule has 0 aliphatic heterocycles. The van der Waals surface area contributed by atoms with Crippen LogP contribution in [0.15, 0.2) is 35.3 Å². The Kier molecular flexibility index (Phi) is 6.47. The van der Waals surface area contributed by atoms with E-state index in [0.717, 1.165) is 30.2 Å². The maximum absolute atomic E-state index is 5.44. The Labute approximate surface area is 142 Å². The molecule has 0 aliphatic carbocycles. The minimum absolute atomic E-state index is 0.674. The van der Waals surface area contributed by atoms with E-state index in [1.165, 1.54) is 15.3 Å². The summed E-state index contributed by atoms with van der Waals surface area (Å²) in [7, 11) is 3.49. The summed E-state index contributed by atoms with van der Waals surface area (Å²) in [5, 5.41) is 6.69. The molecule has 2 aromatic rings. The molecule has 0 saturated carbocycles. The topological polar surface area (TPSA) is 45.7 Å². The summed E-state index contributed by atoms with van der Waals surface area (Å²) in [4.78, 5) is 7.00. The maximum atomic E-state index is 5.44. The minimum Gasteiger partial charge on any atom is -0.496 e. The van der Waals surface area contributed by atoms with E-state index in [1.54, 1.807) is 14.2 Å². The van der Waals surface area contributed by atoms with Gasteiger partial charge in [0, 0.05) is 28.9 Å². The van der Waals surface area contributed by atoms with E-state index in [-0.39, 0.29) is 0 Å². The van der Waals surface area contributed by atoms with Crippen molar-refractivity contribution in [2.45, 2.75) is 33.4 Å². The maximum Gasteiger partial charge on any atom is 0.191 e. The second kappa shape index (κ2) is 8.58. The first-order chi connectivity index (χ1) is 11.2. The molecule has 0 saturated heterocycles. The SMILES string of the molecule is CCc1ccc(CNC(=NC)NCc2ccc(C)cc2OC)s1. The number of rotatable bonds is 6. The van der Waals surface area contributed by atoms with Gasteiger partial charge < -0.3 is 15.4 Å². The smallest absolute Gasteiger partial charge is 0.191 e. The summed E-state index contributed by atoms with van der Waals surface area (Å²) in [5.74, 6) is 1.69. The van der Waals surface area contributed by atoms with Crippen LogP contribution in [0.4, 0.5) is 0 Å². The van der Waals surface area contributed by atoms with Crippen LogP contribution in [0.3, 0.4) is 0 Å². The van der Waals surface area contributed by atoms with Crippen LogP contribution >= 0.6 is 11.3 Å². The summed E-state index contributed by atoms with van der Waals surface area (Å²) in [5.41, 5.74) is 2.31. The van der Waals surface area contributed by atoms with Crippen molar-refractivity contribution in [1.29, 1.82) is 0 Å². The molecule has 1 aromatic carbocycles. The van der Waals surface area contributed by atoms with E-state index >= 15 is 0 Å². The first-order valence-corrected chi connectivity index (χ1v) is 8.63. The molecule has 23 heavy (non-hydrogen) atoms. The molecule has 5 heteroatoms. The third kappa shape index (κ3) is 4.99. The average Bonchev–Trinajstić information content (AvgIpc) is 3.04. The molecule has 0 atom stereocenters. The minimum atomic E-state index is 0.674. The van der Waals surface area contributed by atoms with Gasteiger partial charge in [-0.25, -0.2) is 0 Å². The van der Waals surface area contributed by atoms with Crippen molar-refractivity contribution in [2.24, 2.45) is 4.99 Å². The fraction of sp³-hybridized carbons (Fsp3) is 0.389. The number of hydrogen-bond acceptors (Lipinski definition) is 3. The zero-order valence-corrected chi connectivity index (χ0v) is 15.1. The normalized spacial score (nSPS) is 11.4. The van der Waals surface area contributed by atoms with E-state index in [4.69, 9.17) is 4.74 Å². The third-order valence-corrected chi connectivity index (χ3v) is 4.84. The molecule has 0 aliphatic rings. The molecule has 0 radical (unpaired) electrons. The van der Waals surface area contributed by atoms with Gasteiger partial charge in [-0.2, -0.15) is 0 Å². The summed E-state index contributed by atoms with van der Waals surface area (Å²) in [6.45, 7) is 5.70. The predicted molar refractivity (Wildman–Crippen MR) is 98.5 cm³/mol. The lowest BCUT2D eigenvalue weighted by Crippen LogP contribution is -2.36. The number of methoxy groups -OCH3 is 1. The van der Waals surface area contributed by atoms with Crippen molar-refractivity contribution in [3.05, 3.63) is 51.2 Å². The number of nitrogens with zero attached hydrogens (tertiary/aromatic N) is 1. The van der Waals surface area contributed by atoms with Gasteiger partial charge >= 0.3 is 0 Å². The molecular formula is C18H25N3OS. The van der Waals surface area contributed by atoms with Crippen LogP contribution in [0.2, 0.25) is 0 Å². The van der Waals surface area contributed by atoms with Crippen molar-refractivity contribution in [3.63, 3.8) is 0 Å². The zero-order chi connectivity index (χ0) is 16.7. The molecule has 2 N–H and O–H groups in total. The van der Waals surface area contributed by atoms with Crippen LogP contribution in [-0.4, -0.2) is 20.1 Å². The standard InChI is InChI=1S/C18H25N3OS/c1-5-15-8-9-16(23-15)12-21-18(19-3)20-11-14-7-6-13(2)10-17(14)22-4/h6-10H,5,11-12H2,1-4H3,(H2,19,20,21). The Morgan fingerprint density at radius 3 is 2.52 bits per heavy atom. The third-order valence-electron chi connectivity index (χ3n) is 3.61. The Balaban J connectivity index is 1.90. The number of aryl methyl sites for hydroxylation is 2. The molecule has 1 heterocycles. The quantitative estimate of drug-likeness (QED) is 0.629. The van der Waals surface area contributed by atoms with Crippen molar-refractivity contribution in [1.82, 2.24) is 10.6 Å². The Morgan fingerprint density at radius 1 is 1.13 bits per heavy atom. The number of guanidine groups is 1. The van der Waals surface area contributed by atoms with Gasteiger partial charge in [0.25, 0.3) is 0 Å². The van der Waals surface area contributed by atoms with E-state index in [1.807, 2.05) is 17.4 Å². The van der Waals surface area contributed by atoms with Gasteiger partial charge in [0.2, 0.25) is 0 Å². The van der Waals surface area contributed by atoms with Crippen LogP contribution in [0.1, 0.15) is 27.8 Å². The number of nitrogens with one attached hydrogen (secondary N) is 2. The fourth-order valence-corrected chi connectivity index (χ4v) is 3.17. The molecule has 2 rings (SSSR count). The first kappa shape index (κ1) is 17.3. The van der Waals surface area contributed by atoms with Crippen molar-refractivity contribution in [3.8, 4) is 5.75 Å². The van der Waals surface area contributed by atoms with Crippen molar-refractivity contribution in [2.75, 3.05) is 14.2 Å². The van der Waals surface area contributed by atoms with Crippen LogP contribution in [0.5, 0.6) is 5.75 Å². The van der Waals surface area contributed by atoms with Gasteiger partial charge in [-0.3, -0.25) is 4.99 Å². The Morgan fingerprint density at radius 2 is 1.87 bits per heavy atom. The lowest BCUT2D eigenvalue weighted by atomic mass is 10.1. The highest BCUT2D eigenvalue weighted by molar-refractivity contribution is 7.11. The van der Waals surface area contributed by atoms with E-state index in [2.05, 4.69) is 53.7 Å². The molecular weight excluding hydrogens is 306 g/mol. The van der Waals surface area contributed by atoms with Gasteiger partial charge in [0.1, 0.15) is 5.75 Å². The fourth-order valence-electron chi connectivity index (χ4n) is 2.28. The van der Waals surface area contributed by atoms with Crippen LogP contribution in [-0.2, 0) is 19.5 Å². The summed E-state index contributed by atoms with van der Waals surface area (Å²) >= 11 is 1.84. The first-order valence-electron chi connectivity index (χ1n) is 7.82. The largest absolute Gasteiger partial charge is 0.496 e. The molecule has 124 valence electrons. The Bertz CT molecular complexity index is 664. The Hall–Kier alpha value is -2.01. The highest BCUT2D eigenvalue weighted by Crippen LogP contribution is 2.19. The molecule has 1 aromatic heterocycles.